The van der Waals surface area contributed by atoms with Crippen LogP contribution >= 0.6 is 0 Å². The molecule has 144 valence electrons. The Morgan fingerprint density at radius 1 is 1.15 bits per heavy atom. The molecular weight excluding hydrogens is 331 g/mol. The van der Waals surface area contributed by atoms with E-state index < -0.39 is 0 Å². The Morgan fingerprint density at radius 2 is 1.81 bits per heavy atom. The first-order valence-electron chi connectivity index (χ1n) is 9.79. The van der Waals surface area contributed by atoms with E-state index in [1.165, 1.54) is 6.07 Å². The van der Waals surface area contributed by atoms with Crippen LogP contribution in [0.25, 0.3) is 0 Å². The lowest BCUT2D eigenvalue weighted by Crippen LogP contribution is -2.39. The number of nitrogens with one attached hydrogen (secondary N) is 1. The second kappa shape index (κ2) is 10.3. The highest BCUT2D eigenvalue weighted by atomic mass is 19.1. The van der Waals surface area contributed by atoms with E-state index >= 15 is 0 Å². The molecule has 1 aliphatic carbocycles. The van der Waals surface area contributed by atoms with Crippen molar-refractivity contribution in [3.8, 4) is 0 Å². The van der Waals surface area contributed by atoms with Crippen molar-refractivity contribution in [2.45, 2.75) is 51.9 Å². The van der Waals surface area contributed by atoms with Crippen LogP contribution in [0.4, 0.5) is 4.39 Å². The molecule has 1 aromatic rings. The van der Waals surface area contributed by atoms with E-state index in [-0.39, 0.29) is 29.5 Å². The zero-order chi connectivity index (χ0) is 18.9. The summed E-state index contributed by atoms with van der Waals surface area (Å²) in [5, 5.41) is 2.92. The number of rotatable bonds is 8. The van der Waals surface area contributed by atoms with Crippen molar-refractivity contribution in [1.82, 2.24) is 10.2 Å². The van der Waals surface area contributed by atoms with Gasteiger partial charge in [0.2, 0.25) is 11.8 Å². The highest BCUT2D eigenvalue weighted by molar-refractivity contribution is 5.81. The van der Waals surface area contributed by atoms with Gasteiger partial charge in [-0.3, -0.25) is 9.59 Å². The van der Waals surface area contributed by atoms with Crippen molar-refractivity contribution in [3.63, 3.8) is 0 Å². The lowest BCUT2D eigenvalue weighted by molar-refractivity contribution is -0.137. The van der Waals surface area contributed by atoms with E-state index in [4.69, 9.17) is 0 Å². The van der Waals surface area contributed by atoms with Crippen LogP contribution in [0.3, 0.4) is 0 Å². The van der Waals surface area contributed by atoms with Crippen LogP contribution in [0.5, 0.6) is 0 Å². The van der Waals surface area contributed by atoms with Crippen LogP contribution in [-0.4, -0.2) is 36.9 Å². The molecule has 26 heavy (non-hydrogen) atoms. The van der Waals surface area contributed by atoms with E-state index in [0.29, 0.717) is 18.5 Å². The number of amides is 2. The van der Waals surface area contributed by atoms with Crippen LogP contribution in [0, 0.1) is 17.7 Å². The Kier molecular flexibility index (Phi) is 8.07. The standard InChI is InChI=1S/C21H31FN2O2/c1-3-4-15-24(2)21(26)18-11-9-17(10-12-18)20(25)23-14-13-16-7-5-6-8-19(16)22/h5-8,17-18H,3-4,9-15H2,1-2H3,(H,23,25). The van der Waals surface area contributed by atoms with Crippen molar-refractivity contribution in [1.29, 1.82) is 0 Å². The Hall–Kier alpha value is -1.91. The van der Waals surface area contributed by atoms with Gasteiger partial charge < -0.3 is 10.2 Å². The minimum Gasteiger partial charge on any atom is -0.356 e. The van der Waals surface area contributed by atoms with Gasteiger partial charge in [-0.05, 0) is 50.2 Å². The molecule has 0 spiro atoms. The maximum atomic E-state index is 13.6. The van der Waals surface area contributed by atoms with Crippen molar-refractivity contribution < 1.29 is 14.0 Å². The predicted molar refractivity (Wildman–Crippen MR) is 101 cm³/mol. The third-order valence-corrected chi connectivity index (χ3v) is 5.32. The van der Waals surface area contributed by atoms with Gasteiger partial charge in [-0.15, -0.1) is 0 Å². The highest BCUT2D eigenvalue weighted by Gasteiger charge is 2.31. The Morgan fingerprint density at radius 3 is 2.46 bits per heavy atom. The molecule has 0 saturated heterocycles. The monoisotopic (exact) mass is 362 g/mol. The van der Waals surface area contributed by atoms with E-state index in [2.05, 4.69) is 12.2 Å². The van der Waals surface area contributed by atoms with Gasteiger partial charge in [0.25, 0.3) is 0 Å². The summed E-state index contributed by atoms with van der Waals surface area (Å²) in [5.41, 5.74) is 0.622. The zero-order valence-electron chi connectivity index (χ0n) is 16.0. The first-order valence-corrected chi connectivity index (χ1v) is 9.79. The lowest BCUT2D eigenvalue weighted by Gasteiger charge is -2.30. The van der Waals surface area contributed by atoms with Gasteiger partial charge in [0.1, 0.15) is 5.82 Å². The molecule has 0 unspecified atom stereocenters. The van der Waals surface area contributed by atoms with Crippen LogP contribution in [0.15, 0.2) is 24.3 Å². The van der Waals surface area contributed by atoms with Crippen LogP contribution in [-0.2, 0) is 16.0 Å². The molecule has 1 aliphatic rings. The van der Waals surface area contributed by atoms with Crippen molar-refractivity contribution in [3.05, 3.63) is 35.6 Å². The molecule has 1 fully saturated rings. The van der Waals surface area contributed by atoms with Crippen molar-refractivity contribution in [2.75, 3.05) is 20.1 Å². The number of carbonyl (C=O) groups is 2. The first kappa shape index (κ1) is 20.4. The molecule has 5 heteroatoms. The molecule has 0 aliphatic heterocycles. The predicted octanol–water partition coefficient (Wildman–Crippen LogP) is 3.55. The lowest BCUT2D eigenvalue weighted by atomic mass is 9.81. The van der Waals surface area contributed by atoms with Gasteiger partial charge in [-0.1, -0.05) is 31.5 Å². The second-order valence-corrected chi connectivity index (χ2v) is 7.29. The Bertz CT molecular complexity index is 597. The van der Waals surface area contributed by atoms with Crippen LogP contribution in [0.1, 0.15) is 51.0 Å². The number of hydrogen-bond acceptors (Lipinski definition) is 2. The third kappa shape index (κ3) is 5.82. The fourth-order valence-electron chi connectivity index (χ4n) is 3.59. The smallest absolute Gasteiger partial charge is 0.225 e. The summed E-state index contributed by atoms with van der Waals surface area (Å²) in [5.74, 6) is 0.0522. The van der Waals surface area contributed by atoms with Gasteiger partial charge in [0, 0.05) is 32.0 Å². The van der Waals surface area contributed by atoms with Crippen LogP contribution < -0.4 is 5.32 Å². The normalized spacial score (nSPS) is 19.8. The van der Waals surface area contributed by atoms with Crippen LogP contribution in [0.2, 0.25) is 0 Å². The number of unbranched alkanes of at least 4 members (excludes halogenated alkanes) is 1. The average molecular weight is 362 g/mol. The Balaban J connectivity index is 1.71. The molecule has 1 saturated carbocycles. The molecule has 0 atom stereocenters. The highest BCUT2D eigenvalue weighted by Crippen LogP contribution is 2.30. The quantitative estimate of drug-likeness (QED) is 0.769. The molecule has 0 aromatic heterocycles. The molecule has 1 aromatic carbocycles. The summed E-state index contributed by atoms with van der Waals surface area (Å²) in [7, 11) is 1.87. The average Bonchev–Trinajstić information content (AvgIpc) is 2.67. The number of nitrogens with zero attached hydrogens (tertiary/aromatic N) is 1. The summed E-state index contributed by atoms with van der Waals surface area (Å²) in [6, 6.07) is 6.65. The molecule has 2 amide bonds. The molecule has 0 bridgehead atoms. The SMILES string of the molecule is CCCCN(C)C(=O)C1CCC(C(=O)NCCc2ccccc2F)CC1. The van der Waals surface area contributed by atoms with Gasteiger partial charge in [0.15, 0.2) is 0 Å². The van der Waals surface area contributed by atoms with Crippen molar-refractivity contribution in [2.24, 2.45) is 11.8 Å². The topological polar surface area (TPSA) is 49.4 Å². The summed E-state index contributed by atoms with van der Waals surface area (Å²) >= 11 is 0. The van der Waals surface area contributed by atoms with E-state index in [1.807, 2.05) is 11.9 Å². The molecular formula is C21H31FN2O2. The zero-order valence-corrected chi connectivity index (χ0v) is 16.0. The summed E-state index contributed by atoms with van der Waals surface area (Å²) < 4.78 is 13.6. The largest absolute Gasteiger partial charge is 0.356 e. The van der Waals surface area contributed by atoms with Gasteiger partial charge >= 0.3 is 0 Å². The number of benzene rings is 1. The maximum absolute atomic E-state index is 13.6. The fourth-order valence-corrected chi connectivity index (χ4v) is 3.59. The molecule has 4 nitrogen and oxygen atoms in total. The summed E-state index contributed by atoms with van der Waals surface area (Å²) in [6.07, 6.45) is 5.67. The minimum absolute atomic E-state index is 0.0272. The van der Waals surface area contributed by atoms with E-state index in [1.54, 1.807) is 18.2 Å². The van der Waals surface area contributed by atoms with Gasteiger partial charge in [0.05, 0.1) is 0 Å². The molecule has 0 heterocycles. The number of carbonyl (C=O) groups excluding carboxylic acids is 2. The Labute approximate surface area is 156 Å². The van der Waals surface area contributed by atoms with E-state index in [9.17, 15) is 14.0 Å². The minimum atomic E-state index is -0.229. The number of hydrogen-bond donors (Lipinski definition) is 1. The molecule has 2 rings (SSSR count). The van der Waals surface area contributed by atoms with Crippen molar-refractivity contribution >= 4 is 11.8 Å². The summed E-state index contributed by atoms with van der Waals surface area (Å²) in [6.45, 7) is 3.37. The van der Waals surface area contributed by atoms with E-state index in [0.717, 1.165) is 45.1 Å². The maximum Gasteiger partial charge on any atom is 0.225 e. The van der Waals surface area contributed by atoms with Gasteiger partial charge in [-0.2, -0.15) is 0 Å². The first-order chi connectivity index (χ1) is 12.5. The fraction of sp³-hybridized carbons (Fsp3) is 0.619. The van der Waals surface area contributed by atoms with Gasteiger partial charge in [-0.25, -0.2) is 4.39 Å². The molecule has 1 N–H and O–H groups in total. The molecule has 0 radical (unpaired) electrons. The number of halogens is 1. The second-order valence-electron chi connectivity index (χ2n) is 7.29. The third-order valence-electron chi connectivity index (χ3n) is 5.32. The summed E-state index contributed by atoms with van der Waals surface area (Å²) in [4.78, 5) is 26.6.